The van der Waals surface area contributed by atoms with Crippen LogP contribution in [-0.4, -0.2) is 78.7 Å². The van der Waals surface area contributed by atoms with Crippen molar-refractivity contribution in [3.63, 3.8) is 0 Å². The van der Waals surface area contributed by atoms with Crippen molar-refractivity contribution in [2.75, 3.05) is 13.1 Å². The van der Waals surface area contributed by atoms with E-state index in [1.807, 2.05) is 0 Å². The molecule has 0 aromatic heterocycles. The average Bonchev–Trinajstić information content (AvgIpc) is 2.65. The van der Waals surface area contributed by atoms with E-state index in [4.69, 9.17) is 0 Å². The number of carbonyl (C=O) groups excluding carboxylic acids is 1. The predicted molar refractivity (Wildman–Crippen MR) is 76.5 cm³/mol. The summed E-state index contributed by atoms with van der Waals surface area (Å²) in [5.74, 6) is -55.0. The molecule has 0 fully saturated rings. The molecule has 5 nitrogen and oxygen atoms in total. The summed E-state index contributed by atoms with van der Waals surface area (Å²) >= 11 is 0. The molecule has 0 heterocycles. The minimum absolute atomic E-state index is 0. The maximum atomic E-state index is 14.0. The number of hydrogen-bond donors (Lipinski definition) is 0. The fourth-order valence-electron chi connectivity index (χ4n) is 2.15. The molecule has 0 aliphatic rings. The second-order valence-electron chi connectivity index (χ2n) is 6.67. The summed E-state index contributed by atoms with van der Waals surface area (Å²) in [7, 11) is -7.64. The molecule has 0 atom stereocenters. The molecule has 0 aromatic carbocycles. The van der Waals surface area contributed by atoms with E-state index in [2.05, 4.69) is 0 Å². The number of alkyl halides is 17. The van der Waals surface area contributed by atoms with Crippen LogP contribution < -0.4 is 56.5 Å². The van der Waals surface area contributed by atoms with Crippen LogP contribution in [0.5, 0.6) is 0 Å². The standard InChI is InChI=1S/C13H10F17NO4S.K/c1-2-3-31(4-5(32)33)36(34,35)13(29,30)11(24,25)9(20,21)7(16,17)6(14,15)8(18,19)10(22,23)12(26,27)28;/h2-4H2,1H3,(H,32,33);/q;+1/p-1. The molecule has 0 saturated carbocycles. The second kappa shape index (κ2) is 11.0. The van der Waals surface area contributed by atoms with Crippen molar-refractivity contribution >= 4 is 16.0 Å². The molecule has 0 N–H and O–H groups in total. The van der Waals surface area contributed by atoms with Gasteiger partial charge in [0.05, 0.1) is 12.5 Å². The first kappa shape index (κ1) is 39.0. The van der Waals surface area contributed by atoms with E-state index in [1.54, 1.807) is 0 Å². The van der Waals surface area contributed by atoms with Crippen LogP contribution in [0.1, 0.15) is 13.3 Å². The fourth-order valence-corrected chi connectivity index (χ4v) is 3.63. The summed E-state index contributed by atoms with van der Waals surface area (Å²) < 4.78 is 247. The Morgan fingerprint density at radius 1 is 0.649 bits per heavy atom. The van der Waals surface area contributed by atoms with Gasteiger partial charge >= 0.3 is 98.4 Å². The first-order valence-corrected chi connectivity index (χ1v) is 9.72. The third kappa shape index (κ3) is 5.70. The number of nitrogens with zero attached hydrogens (tertiary/aromatic N) is 1. The molecule has 0 unspecified atom stereocenters. The maximum absolute atomic E-state index is 14.0. The Hall–Kier alpha value is -0.174. The Morgan fingerprint density at radius 2 is 0.946 bits per heavy atom. The number of halogens is 17. The zero-order valence-corrected chi connectivity index (χ0v) is 21.5. The van der Waals surface area contributed by atoms with Gasteiger partial charge in [-0.2, -0.15) is 78.9 Å². The van der Waals surface area contributed by atoms with Crippen molar-refractivity contribution < 1.29 is 144 Å². The van der Waals surface area contributed by atoms with Crippen molar-refractivity contribution in [2.45, 2.75) is 60.3 Å². The molecule has 0 radical (unpaired) electrons. The average molecular weight is 637 g/mol. The SMILES string of the molecule is CCCN(CC(=O)[O-])S(=O)(=O)C(F)(F)C(F)(F)C(F)(F)C(F)(F)C(F)(F)C(F)(F)C(F)(F)C(F)(F)F.[K+]. The normalized spacial score (nSPS) is 15.5. The van der Waals surface area contributed by atoms with Gasteiger partial charge in [-0.05, 0) is 6.42 Å². The van der Waals surface area contributed by atoms with Crippen LogP contribution >= 0.6 is 0 Å². The van der Waals surface area contributed by atoms with Crippen molar-refractivity contribution in [1.29, 1.82) is 0 Å². The Morgan fingerprint density at radius 3 is 1.22 bits per heavy atom. The number of carboxylic acid groups (broad SMARTS) is 1. The van der Waals surface area contributed by atoms with E-state index in [0.29, 0.717) is 0 Å². The van der Waals surface area contributed by atoms with Crippen LogP contribution in [-0.2, 0) is 14.8 Å². The van der Waals surface area contributed by atoms with Gasteiger partial charge in [-0.25, -0.2) is 8.42 Å². The third-order valence-corrected chi connectivity index (χ3v) is 6.03. The zero-order valence-electron chi connectivity index (χ0n) is 17.5. The number of carboxylic acids is 1. The largest absolute Gasteiger partial charge is 1.00 e. The molecular weight excluding hydrogens is 628 g/mol. The van der Waals surface area contributed by atoms with E-state index >= 15 is 0 Å². The number of carbonyl (C=O) groups is 1. The summed E-state index contributed by atoms with van der Waals surface area (Å²) in [6.07, 6.45) is -8.72. The van der Waals surface area contributed by atoms with Gasteiger partial charge in [0.15, 0.2) is 0 Å². The van der Waals surface area contributed by atoms with E-state index in [1.165, 1.54) is 0 Å². The third-order valence-electron chi connectivity index (χ3n) is 4.14. The van der Waals surface area contributed by atoms with E-state index in [-0.39, 0.29) is 51.4 Å². The number of hydrogen-bond acceptors (Lipinski definition) is 4. The molecular formula is C13H9F17KNO4S. The molecule has 0 aliphatic heterocycles. The van der Waals surface area contributed by atoms with E-state index in [0.717, 1.165) is 6.92 Å². The monoisotopic (exact) mass is 637 g/mol. The summed E-state index contributed by atoms with van der Waals surface area (Å²) in [6, 6.07) is 0. The Labute approximate surface area is 236 Å². The van der Waals surface area contributed by atoms with Gasteiger partial charge in [0.25, 0.3) is 10.0 Å². The topological polar surface area (TPSA) is 77.5 Å². The molecule has 0 aliphatic carbocycles. The predicted octanol–water partition coefficient (Wildman–Crippen LogP) is 0.749. The second-order valence-corrected chi connectivity index (χ2v) is 8.65. The van der Waals surface area contributed by atoms with Crippen LogP contribution in [0, 0.1) is 0 Å². The van der Waals surface area contributed by atoms with Crippen LogP contribution in [0.25, 0.3) is 0 Å². The summed E-state index contributed by atoms with van der Waals surface area (Å²) in [6.45, 7) is -3.15. The van der Waals surface area contributed by atoms with Crippen molar-refractivity contribution in [3.8, 4) is 0 Å². The molecule has 0 aromatic rings. The molecule has 0 amide bonds. The minimum Gasteiger partial charge on any atom is -0.549 e. The first-order chi connectivity index (χ1) is 15.4. The van der Waals surface area contributed by atoms with Gasteiger partial charge in [0.2, 0.25) is 0 Å². The van der Waals surface area contributed by atoms with Crippen molar-refractivity contribution in [2.24, 2.45) is 0 Å². The molecule has 0 rings (SSSR count). The van der Waals surface area contributed by atoms with Crippen LogP contribution in [0.4, 0.5) is 74.6 Å². The molecule has 37 heavy (non-hydrogen) atoms. The molecule has 0 saturated heterocycles. The minimum atomic E-state index is -8.95. The van der Waals surface area contributed by atoms with Gasteiger partial charge in [-0.1, -0.05) is 6.92 Å². The number of sulfonamides is 1. The van der Waals surface area contributed by atoms with Gasteiger partial charge in [0.1, 0.15) is 0 Å². The fraction of sp³-hybridized carbons (Fsp3) is 0.923. The van der Waals surface area contributed by atoms with Crippen molar-refractivity contribution in [3.05, 3.63) is 0 Å². The molecule has 0 bridgehead atoms. The smallest absolute Gasteiger partial charge is 0.549 e. The van der Waals surface area contributed by atoms with Crippen LogP contribution in [0.3, 0.4) is 0 Å². The first-order valence-electron chi connectivity index (χ1n) is 8.28. The summed E-state index contributed by atoms with van der Waals surface area (Å²) in [5, 5.41) is 2.62. The van der Waals surface area contributed by atoms with Gasteiger partial charge < -0.3 is 9.90 Å². The Bertz CT molecular complexity index is 934. The Balaban J connectivity index is 0. The van der Waals surface area contributed by atoms with Gasteiger partial charge in [-0.15, -0.1) is 0 Å². The Kier molecular flexibility index (Phi) is 11.6. The number of aliphatic carboxylic acids is 1. The van der Waals surface area contributed by atoms with Gasteiger partial charge in [-0.3, -0.25) is 0 Å². The summed E-state index contributed by atoms with van der Waals surface area (Å²) in [5.41, 5.74) is 0. The van der Waals surface area contributed by atoms with Gasteiger partial charge in [0, 0.05) is 6.54 Å². The molecule has 216 valence electrons. The van der Waals surface area contributed by atoms with E-state index in [9.17, 15) is 93.0 Å². The molecule has 0 spiro atoms. The van der Waals surface area contributed by atoms with Crippen molar-refractivity contribution in [1.82, 2.24) is 4.31 Å². The molecule has 24 heteroatoms. The zero-order chi connectivity index (χ0) is 29.8. The quantitative estimate of drug-likeness (QED) is 0.234. The van der Waals surface area contributed by atoms with Crippen LogP contribution in [0.15, 0.2) is 0 Å². The van der Waals surface area contributed by atoms with Crippen LogP contribution in [0.2, 0.25) is 0 Å². The maximum Gasteiger partial charge on any atom is 1.00 e. The van der Waals surface area contributed by atoms with E-state index < -0.39 is 86.8 Å². The number of rotatable bonds is 12. The summed E-state index contributed by atoms with van der Waals surface area (Å²) in [4.78, 5) is 10.4.